The predicted octanol–water partition coefficient (Wildman–Crippen LogP) is 5.92. The number of fused-ring (bicyclic) bond motifs is 1. The number of aryl methyl sites for hydroxylation is 1. The van der Waals surface area contributed by atoms with Gasteiger partial charge in [-0.3, -0.25) is 9.79 Å². The van der Waals surface area contributed by atoms with E-state index in [0.29, 0.717) is 35.2 Å². The van der Waals surface area contributed by atoms with Crippen LogP contribution in [0, 0.1) is 24.5 Å². The third-order valence-electron chi connectivity index (χ3n) is 10.0. The molecule has 3 aliphatic rings. The van der Waals surface area contributed by atoms with Crippen LogP contribution in [-0.2, 0) is 24.1 Å². The fourth-order valence-corrected chi connectivity index (χ4v) is 7.25. The van der Waals surface area contributed by atoms with E-state index in [9.17, 15) is 13.6 Å². The molecule has 0 unspecified atom stereocenters. The zero-order valence-electron chi connectivity index (χ0n) is 28.1. The van der Waals surface area contributed by atoms with Gasteiger partial charge in [0.1, 0.15) is 23.3 Å². The van der Waals surface area contributed by atoms with Crippen molar-refractivity contribution in [1.82, 2.24) is 15.2 Å². The number of likely N-dealkylation sites (N-methyl/N-ethyl adjacent to an activating group) is 1. The Labute approximate surface area is 286 Å². The number of amides is 1. The number of nitrogen functional groups attached to an aromatic ring is 1. The van der Waals surface area contributed by atoms with E-state index in [1.165, 1.54) is 12.1 Å². The summed E-state index contributed by atoms with van der Waals surface area (Å²) in [6.07, 6.45) is 4.76. The Hall–Kier alpha value is -4.67. The molecule has 0 bridgehead atoms. The second kappa shape index (κ2) is 14.1. The summed E-state index contributed by atoms with van der Waals surface area (Å²) in [5.74, 6) is -0.106. The number of rotatable bonds is 7. The molecule has 254 valence electrons. The quantitative estimate of drug-likeness (QED) is 0.255. The number of ether oxygens (including phenoxy) is 1. The van der Waals surface area contributed by atoms with E-state index in [2.05, 4.69) is 39.3 Å². The van der Waals surface area contributed by atoms with E-state index < -0.39 is 11.6 Å². The molecule has 0 saturated carbocycles. The largest absolute Gasteiger partial charge is 0.384 e. The Bertz CT molecular complexity index is 1890. The molecule has 1 amide bonds. The Kier molecular flexibility index (Phi) is 9.42. The van der Waals surface area contributed by atoms with E-state index >= 15 is 0 Å². The Morgan fingerprint density at radius 1 is 0.939 bits per heavy atom. The first-order valence-corrected chi connectivity index (χ1v) is 17.0. The summed E-state index contributed by atoms with van der Waals surface area (Å²) in [4.78, 5) is 27.9. The Balaban J connectivity index is 1.20. The van der Waals surface area contributed by atoms with Gasteiger partial charge in [0, 0.05) is 74.0 Å². The highest BCUT2D eigenvalue weighted by atomic mass is 19.1. The molecule has 3 aliphatic heterocycles. The lowest BCUT2D eigenvalue weighted by atomic mass is 9.89. The number of benzene rings is 3. The molecule has 2 saturated heterocycles. The SMILES string of the molecule is Cc1cc(N)ncc1-c1cc2c(cc1Cc1cc(F)cc(F)c1)C(NC(=O)c1ccc(N3CCN(C)CC3)cc1CC1CCOCC1)=NC2. The minimum Gasteiger partial charge on any atom is -0.384 e. The van der Waals surface area contributed by atoms with Crippen molar-refractivity contribution in [2.24, 2.45) is 10.9 Å². The average Bonchev–Trinajstić information content (AvgIpc) is 3.46. The molecule has 3 aromatic carbocycles. The van der Waals surface area contributed by atoms with Crippen molar-refractivity contribution in [2.75, 3.05) is 57.1 Å². The van der Waals surface area contributed by atoms with Crippen molar-refractivity contribution in [2.45, 2.75) is 39.2 Å². The summed E-state index contributed by atoms with van der Waals surface area (Å²) in [5.41, 5.74) is 14.6. The van der Waals surface area contributed by atoms with Crippen molar-refractivity contribution < 1.29 is 18.3 Å². The van der Waals surface area contributed by atoms with Crippen LogP contribution in [-0.4, -0.2) is 68.1 Å². The number of aliphatic imine (C=N–C) groups is 1. The molecule has 0 spiro atoms. The number of piperazine rings is 1. The summed E-state index contributed by atoms with van der Waals surface area (Å²) in [6, 6.07) is 15.6. The minimum atomic E-state index is -0.632. The van der Waals surface area contributed by atoms with Crippen LogP contribution in [0.25, 0.3) is 11.1 Å². The fourth-order valence-electron chi connectivity index (χ4n) is 7.25. The van der Waals surface area contributed by atoms with Gasteiger partial charge in [0.25, 0.3) is 5.91 Å². The van der Waals surface area contributed by atoms with Gasteiger partial charge in [-0.2, -0.15) is 0 Å². The van der Waals surface area contributed by atoms with Crippen LogP contribution in [0.4, 0.5) is 20.3 Å². The van der Waals surface area contributed by atoms with Gasteiger partial charge in [-0.05, 0) is 127 Å². The van der Waals surface area contributed by atoms with Gasteiger partial charge in [0.15, 0.2) is 0 Å². The first-order valence-electron chi connectivity index (χ1n) is 17.0. The normalized spacial score (nSPS) is 16.8. The van der Waals surface area contributed by atoms with E-state index in [-0.39, 0.29) is 12.3 Å². The monoisotopic (exact) mass is 664 g/mol. The van der Waals surface area contributed by atoms with Gasteiger partial charge in [0.05, 0.1) is 6.54 Å². The van der Waals surface area contributed by atoms with Crippen molar-refractivity contribution in [3.05, 3.63) is 111 Å². The van der Waals surface area contributed by atoms with E-state index in [4.69, 9.17) is 15.5 Å². The first-order chi connectivity index (χ1) is 23.7. The molecule has 3 N–H and O–H groups in total. The highest BCUT2D eigenvalue weighted by Crippen LogP contribution is 2.34. The first kappa shape index (κ1) is 32.9. The maximum atomic E-state index is 14.2. The molecule has 49 heavy (non-hydrogen) atoms. The predicted molar refractivity (Wildman–Crippen MR) is 189 cm³/mol. The van der Waals surface area contributed by atoms with Gasteiger partial charge < -0.3 is 25.6 Å². The minimum absolute atomic E-state index is 0.199. The maximum absolute atomic E-state index is 14.2. The molecule has 1 aromatic heterocycles. The molecule has 0 radical (unpaired) electrons. The van der Waals surface area contributed by atoms with Crippen LogP contribution in [0.15, 0.2) is 65.8 Å². The van der Waals surface area contributed by atoms with Crippen LogP contribution >= 0.6 is 0 Å². The number of halogens is 2. The number of aromatic nitrogens is 1. The smallest absolute Gasteiger partial charge is 0.257 e. The molecule has 8 nitrogen and oxygen atoms in total. The summed E-state index contributed by atoms with van der Waals surface area (Å²) in [5, 5.41) is 3.14. The van der Waals surface area contributed by atoms with Crippen LogP contribution in [0.2, 0.25) is 0 Å². The average molecular weight is 665 g/mol. The van der Waals surface area contributed by atoms with Gasteiger partial charge in [-0.15, -0.1) is 0 Å². The Morgan fingerprint density at radius 2 is 1.69 bits per heavy atom. The summed E-state index contributed by atoms with van der Waals surface area (Å²) in [6.45, 7) is 7.75. The van der Waals surface area contributed by atoms with Gasteiger partial charge >= 0.3 is 0 Å². The van der Waals surface area contributed by atoms with Crippen LogP contribution < -0.4 is 16.0 Å². The van der Waals surface area contributed by atoms with Crippen molar-refractivity contribution >= 4 is 23.2 Å². The molecular weight excluding hydrogens is 622 g/mol. The zero-order valence-corrected chi connectivity index (χ0v) is 28.1. The van der Waals surface area contributed by atoms with Crippen LogP contribution in [0.1, 0.15) is 56.6 Å². The molecule has 7 rings (SSSR count). The summed E-state index contributed by atoms with van der Waals surface area (Å²) >= 11 is 0. The molecule has 0 aliphatic carbocycles. The molecule has 4 heterocycles. The molecule has 10 heteroatoms. The van der Waals surface area contributed by atoms with E-state index in [1.807, 2.05) is 31.2 Å². The standard InChI is InChI=1S/C39H42F2N6O2/c1-24-13-37(42)43-23-36(24)34-20-29-22-44-38(35(29)19-28(34)15-26-16-30(40)21-31(41)17-26)45-39(48)33-4-3-32(47-9-7-46(2)8-10-47)18-27(33)14-25-5-11-49-12-6-25/h3-4,13,16-21,23,25H,5-12,14-15,22H2,1-2H3,(H2,42,43)(H,44,45,48). The summed E-state index contributed by atoms with van der Waals surface area (Å²) < 4.78 is 34.1. The number of nitrogens with zero attached hydrogens (tertiary/aromatic N) is 4. The van der Waals surface area contributed by atoms with Crippen LogP contribution in [0.3, 0.4) is 0 Å². The van der Waals surface area contributed by atoms with Crippen molar-refractivity contribution in [3.8, 4) is 11.1 Å². The van der Waals surface area contributed by atoms with Gasteiger partial charge in [-0.1, -0.05) is 0 Å². The van der Waals surface area contributed by atoms with Crippen molar-refractivity contribution in [1.29, 1.82) is 0 Å². The number of pyridine rings is 1. The van der Waals surface area contributed by atoms with E-state index in [1.54, 1.807) is 6.20 Å². The number of amidine groups is 1. The molecular formula is C39H42F2N6O2. The Morgan fingerprint density at radius 3 is 2.43 bits per heavy atom. The van der Waals surface area contributed by atoms with Crippen molar-refractivity contribution in [3.63, 3.8) is 0 Å². The third kappa shape index (κ3) is 7.35. The number of carbonyl (C=O) groups excluding carboxylic acids is 1. The van der Waals surface area contributed by atoms with E-state index in [0.717, 1.165) is 109 Å². The number of nitrogens with one attached hydrogen (secondary N) is 1. The van der Waals surface area contributed by atoms with Crippen LogP contribution in [0.5, 0.6) is 0 Å². The fraction of sp³-hybridized carbons (Fsp3) is 0.359. The third-order valence-corrected chi connectivity index (χ3v) is 10.0. The lowest BCUT2D eigenvalue weighted by Crippen LogP contribution is -2.44. The molecule has 4 aromatic rings. The maximum Gasteiger partial charge on any atom is 0.257 e. The molecule has 2 fully saturated rings. The topological polar surface area (TPSA) is 96.1 Å². The highest BCUT2D eigenvalue weighted by molar-refractivity contribution is 6.15. The highest BCUT2D eigenvalue weighted by Gasteiger charge is 2.26. The summed E-state index contributed by atoms with van der Waals surface area (Å²) in [7, 11) is 2.15. The number of carbonyl (C=O) groups is 1. The number of hydrogen-bond acceptors (Lipinski definition) is 7. The molecule has 0 atom stereocenters. The van der Waals surface area contributed by atoms with Gasteiger partial charge in [0.2, 0.25) is 0 Å². The second-order valence-corrected chi connectivity index (χ2v) is 13.6. The second-order valence-electron chi connectivity index (χ2n) is 13.6. The lowest BCUT2D eigenvalue weighted by Gasteiger charge is -2.34. The number of hydrogen-bond donors (Lipinski definition) is 2. The lowest BCUT2D eigenvalue weighted by molar-refractivity contribution is 0.0664. The zero-order chi connectivity index (χ0) is 34.1. The number of anilines is 2. The number of nitrogens with two attached hydrogens (primary N) is 1. The van der Waals surface area contributed by atoms with Gasteiger partial charge in [-0.25, -0.2) is 13.8 Å².